The standard InChI is InChI=1S/C23H27ClN6O.2ClH/c1-14-21(24)15(2)30-22(26-14)19-12-29(13-20(19)27-30)23(31)18-6-4-3-5-16(18)11-28-9-7-17(25)8-10-28;;/h3-6,17H,7-13,25H2,1-2H3;2*1H. The predicted octanol–water partition coefficient (Wildman–Crippen LogP) is 3.92. The van der Waals surface area contributed by atoms with E-state index in [4.69, 9.17) is 22.4 Å². The lowest BCUT2D eigenvalue weighted by atomic mass is 10.0. The highest BCUT2D eigenvalue weighted by Gasteiger charge is 2.31. The Kier molecular flexibility index (Phi) is 7.91. The molecular weight excluding hydrogens is 483 g/mol. The van der Waals surface area contributed by atoms with Gasteiger partial charge in [-0.25, -0.2) is 9.50 Å². The first-order valence-corrected chi connectivity index (χ1v) is 11.2. The van der Waals surface area contributed by atoms with Crippen molar-refractivity contribution in [3.8, 4) is 0 Å². The minimum atomic E-state index is 0. The molecule has 5 rings (SSSR count). The first-order chi connectivity index (χ1) is 14.9. The maximum atomic E-state index is 13.5. The number of halogens is 3. The molecule has 7 nitrogen and oxygen atoms in total. The number of aromatic nitrogens is 3. The molecule has 178 valence electrons. The van der Waals surface area contributed by atoms with Gasteiger partial charge in [0.1, 0.15) is 0 Å². The molecule has 0 atom stereocenters. The molecule has 10 heteroatoms. The van der Waals surface area contributed by atoms with Gasteiger partial charge in [0.25, 0.3) is 5.91 Å². The van der Waals surface area contributed by atoms with Crippen molar-refractivity contribution in [2.45, 2.75) is 52.4 Å². The zero-order valence-electron chi connectivity index (χ0n) is 18.8. The predicted molar refractivity (Wildman–Crippen MR) is 134 cm³/mol. The molecular formula is C23H29Cl3N6O. The third-order valence-electron chi connectivity index (χ3n) is 6.52. The van der Waals surface area contributed by atoms with E-state index in [0.29, 0.717) is 24.2 Å². The number of nitrogens with two attached hydrogens (primary N) is 1. The quantitative estimate of drug-likeness (QED) is 0.576. The number of hydrogen-bond donors (Lipinski definition) is 1. The number of aryl methyl sites for hydroxylation is 2. The number of fused-ring (bicyclic) bond motifs is 3. The number of amides is 1. The van der Waals surface area contributed by atoms with E-state index in [1.807, 2.05) is 36.9 Å². The van der Waals surface area contributed by atoms with Crippen molar-refractivity contribution in [1.29, 1.82) is 0 Å². The molecule has 1 fully saturated rings. The lowest BCUT2D eigenvalue weighted by molar-refractivity contribution is 0.0747. The van der Waals surface area contributed by atoms with Crippen molar-refractivity contribution in [2.24, 2.45) is 5.73 Å². The van der Waals surface area contributed by atoms with E-state index in [9.17, 15) is 4.79 Å². The first kappa shape index (κ1) is 25.7. The maximum Gasteiger partial charge on any atom is 0.254 e. The number of carbonyl (C=O) groups is 1. The number of carbonyl (C=O) groups excluding carboxylic acids is 1. The van der Waals surface area contributed by atoms with Crippen LogP contribution in [-0.4, -0.2) is 49.4 Å². The summed E-state index contributed by atoms with van der Waals surface area (Å²) in [5, 5.41) is 5.33. The van der Waals surface area contributed by atoms with E-state index in [1.54, 1.807) is 4.52 Å². The fourth-order valence-corrected chi connectivity index (χ4v) is 4.77. The Morgan fingerprint density at radius 1 is 1.15 bits per heavy atom. The molecule has 0 spiro atoms. The van der Waals surface area contributed by atoms with Gasteiger partial charge in [-0.15, -0.1) is 24.8 Å². The van der Waals surface area contributed by atoms with E-state index in [-0.39, 0.29) is 30.7 Å². The molecule has 1 saturated heterocycles. The molecule has 2 aromatic heterocycles. The van der Waals surface area contributed by atoms with Crippen LogP contribution in [-0.2, 0) is 19.6 Å². The summed E-state index contributed by atoms with van der Waals surface area (Å²) in [6, 6.07) is 8.23. The lowest BCUT2D eigenvalue weighted by Gasteiger charge is -2.30. The highest BCUT2D eigenvalue weighted by molar-refractivity contribution is 6.31. The topological polar surface area (TPSA) is 79.8 Å². The van der Waals surface area contributed by atoms with E-state index in [1.165, 1.54) is 0 Å². The van der Waals surface area contributed by atoms with Gasteiger partial charge in [-0.05, 0) is 51.4 Å². The van der Waals surface area contributed by atoms with E-state index < -0.39 is 0 Å². The fourth-order valence-electron chi connectivity index (χ4n) is 4.65. The average molecular weight is 512 g/mol. The van der Waals surface area contributed by atoms with Crippen LogP contribution in [0.2, 0.25) is 5.02 Å². The first-order valence-electron chi connectivity index (χ1n) is 10.8. The summed E-state index contributed by atoms with van der Waals surface area (Å²) >= 11 is 6.35. The van der Waals surface area contributed by atoms with Gasteiger partial charge in [0.05, 0.1) is 35.2 Å². The Morgan fingerprint density at radius 3 is 2.58 bits per heavy atom. The van der Waals surface area contributed by atoms with Crippen LogP contribution < -0.4 is 5.73 Å². The number of hydrogen-bond acceptors (Lipinski definition) is 5. The normalized spacial score (nSPS) is 16.4. The minimum absolute atomic E-state index is 0. The summed E-state index contributed by atoms with van der Waals surface area (Å²) in [6.07, 6.45) is 2.01. The summed E-state index contributed by atoms with van der Waals surface area (Å²) in [4.78, 5) is 22.4. The Labute approximate surface area is 211 Å². The smallest absolute Gasteiger partial charge is 0.254 e. The molecule has 2 N–H and O–H groups in total. The van der Waals surface area contributed by atoms with Crippen molar-refractivity contribution in [1.82, 2.24) is 24.4 Å². The van der Waals surface area contributed by atoms with Gasteiger partial charge in [0, 0.05) is 23.7 Å². The van der Waals surface area contributed by atoms with Gasteiger partial charge in [-0.1, -0.05) is 29.8 Å². The summed E-state index contributed by atoms with van der Waals surface area (Å²) < 4.78 is 1.80. The van der Waals surface area contributed by atoms with Crippen LogP contribution in [0.25, 0.3) is 5.65 Å². The lowest BCUT2D eigenvalue weighted by Crippen LogP contribution is -2.39. The molecule has 3 aromatic rings. The van der Waals surface area contributed by atoms with Gasteiger partial charge >= 0.3 is 0 Å². The summed E-state index contributed by atoms with van der Waals surface area (Å²) in [6.45, 7) is 7.57. The van der Waals surface area contributed by atoms with E-state index in [0.717, 1.165) is 71.9 Å². The number of rotatable bonds is 3. The van der Waals surface area contributed by atoms with Crippen LogP contribution in [0.15, 0.2) is 24.3 Å². The van der Waals surface area contributed by atoms with E-state index in [2.05, 4.69) is 16.0 Å². The summed E-state index contributed by atoms with van der Waals surface area (Å²) in [5.41, 5.74) is 12.2. The number of likely N-dealkylation sites (tertiary alicyclic amines) is 1. The third-order valence-corrected chi connectivity index (χ3v) is 7.06. The van der Waals surface area contributed by atoms with Gasteiger partial charge in [-0.2, -0.15) is 5.10 Å². The van der Waals surface area contributed by atoms with Crippen molar-refractivity contribution >= 4 is 48.0 Å². The molecule has 2 aliphatic heterocycles. The molecule has 1 aromatic carbocycles. The van der Waals surface area contributed by atoms with Crippen molar-refractivity contribution in [3.63, 3.8) is 0 Å². The SMILES string of the molecule is Cc1nc2c3c(nn2c(C)c1Cl)CN(C(=O)c1ccccc1CN1CCC(N)CC1)C3.Cl.Cl. The second kappa shape index (κ2) is 10.2. The molecule has 0 unspecified atom stereocenters. The molecule has 33 heavy (non-hydrogen) atoms. The number of nitrogens with zero attached hydrogens (tertiary/aromatic N) is 5. The Morgan fingerprint density at radius 2 is 1.85 bits per heavy atom. The summed E-state index contributed by atoms with van der Waals surface area (Å²) in [7, 11) is 0. The van der Waals surface area contributed by atoms with Crippen LogP contribution >= 0.6 is 36.4 Å². The summed E-state index contributed by atoms with van der Waals surface area (Å²) in [5.74, 6) is 0.0443. The molecule has 0 saturated carbocycles. The highest BCUT2D eigenvalue weighted by Crippen LogP contribution is 2.30. The van der Waals surface area contributed by atoms with Crippen LogP contribution in [0.1, 0.15) is 51.4 Å². The Hall–Kier alpha value is -1.90. The zero-order valence-corrected chi connectivity index (χ0v) is 21.1. The Bertz CT molecular complexity index is 1170. The monoisotopic (exact) mass is 510 g/mol. The largest absolute Gasteiger partial charge is 0.328 e. The van der Waals surface area contributed by atoms with Crippen LogP contribution in [0, 0.1) is 13.8 Å². The number of piperidine rings is 1. The van der Waals surface area contributed by atoms with Crippen molar-refractivity contribution < 1.29 is 4.79 Å². The van der Waals surface area contributed by atoms with Crippen molar-refractivity contribution in [2.75, 3.05) is 13.1 Å². The van der Waals surface area contributed by atoms with Gasteiger partial charge in [0.2, 0.25) is 0 Å². The third kappa shape index (κ3) is 4.70. The van der Waals surface area contributed by atoms with Gasteiger partial charge in [-0.3, -0.25) is 9.69 Å². The van der Waals surface area contributed by atoms with Crippen LogP contribution in [0.3, 0.4) is 0 Å². The van der Waals surface area contributed by atoms with Gasteiger partial charge < -0.3 is 10.6 Å². The second-order valence-electron chi connectivity index (χ2n) is 8.69. The Balaban J connectivity index is 0.00000153. The average Bonchev–Trinajstić information content (AvgIpc) is 3.33. The van der Waals surface area contributed by atoms with Crippen LogP contribution in [0.4, 0.5) is 0 Å². The van der Waals surface area contributed by atoms with Crippen LogP contribution in [0.5, 0.6) is 0 Å². The molecule has 0 bridgehead atoms. The second-order valence-corrected chi connectivity index (χ2v) is 9.07. The minimum Gasteiger partial charge on any atom is -0.328 e. The molecule has 4 heterocycles. The highest BCUT2D eigenvalue weighted by atomic mass is 35.5. The maximum absolute atomic E-state index is 13.5. The fraction of sp³-hybridized carbons (Fsp3) is 0.435. The molecule has 0 radical (unpaired) electrons. The molecule has 2 aliphatic rings. The van der Waals surface area contributed by atoms with Crippen molar-refractivity contribution in [3.05, 3.63) is 63.1 Å². The number of benzene rings is 1. The molecule has 0 aliphatic carbocycles. The van der Waals surface area contributed by atoms with Gasteiger partial charge in [0.15, 0.2) is 5.65 Å². The van der Waals surface area contributed by atoms with E-state index >= 15 is 0 Å². The molecule has 1 amide bonds. The zero-order chi connectivity index (χ0) is 21.7.